The molecule has 1 amide bonds. The second-order valence-corrected chi connectivity index (χ2v) is 5.88. The van der Waals surface area contributed by atoms with Crippen LogP contribution in [-0.4, -0.2) is 28.9 Å². The van der Waals surface area contributed by atoms with Gasteiger partial charge in [-0.2, -0.15) is 0 Å². The molecule has 0 radical (unpaired) electrons. The van der Waals surface area contributed by atoms with Crippen molar-refractivity contribution in [2.45, 2.75) is 19.8 Å². The molecule has 1 aliphatic heterocycles. The third-order valence-electron chi connectivity index (χ3n) is 4.01. The standard InChI is InChI=1S/C14H15F3N2OS/c1-14(13(18)21)4-6-19(7-5-14)12(20)8-2-3-9(15)11(17)10(8)16/h2-3H,4-7H2,1H3,(H2,18,21). The van der Waals surface area contributed by atoms with E-state index >= 15 is 0 Å². The highest BCUT2D eigenvalue weighted by Crippen LogP contribution is 2.32. The molecule has 7 heteroatoms. The Hall–Kier alpha value is -1.63. The molecule has 1 aliphatic rings. The van der Waals surface area contributed by atoms with E-state index in [2.05, 4.69) is 0 Å². The summed E-state index contributed by atoms with van der Waals surface area (Å²) < 4.78 is 39.7. The van der Waals surface area contributed by atoms with Gasteiger partial charge in [0.25, 0.3) is 5.91 Å². The van der Waals surface area contributed by atoms with Crippen LogP contribution in [0.3, 0.4) is 0 Å². The second kappa shape index (κ2) is 5.63. The van der Waals surface area contributed by atoms with E-state index < -0.39 is 28.9 Å². The molecule has 2 rings (SSSR count). The first kappa shape index (κ1) is 15.8. The number of hydrogen-bond acceptors (Lipinski definition) is 2. The van der Waals surface area contributed by atoms with Crippen molar-refractivity contribution in [2.75, 3.05) is 13.1 Å². The molecule has 0 bridgehead atoms. The zero-order valence-electron chi connectivity index (χ0n) is 11.5. The molecule has 1 aromatic carbocycles. The van der Waals surface area contributed by atoms with Crippen molar-refractivity contribution in [3.05, 3.63) is 35.1 Å². The van der Waals surface area contributed by atoms with Crippen molar-refractivity contribution < 1.29 is 18.0 Å². The Bertz CT molecular complexity index is 598. The number of halogens is 3. The van der Waals surface area contributed by atoms with Gasteiger partial charge in [0.15, 0.2) is 17.5 Å². The largest absolute Gasteiger partial charge is 0.393 e. The maximum absolute atomic E-state index is 13.6. The van der Waals surface area contributed by atoms with Crippen LogP contribution in [0.1, 0.15) is 30.1 Å². The summed E-state index contributed by atoms with van der Waals surface area (Å²) in [5.41, 5.74) is 4.87. The van der Waals surface area contributed by atoms with Crippen molar-refractivity contribution in [3.8, 4) is 0 Å². The lowest BCUT2D eigenvalue weighted by Gasteiger charge is -2.38. The first-order chi connectivity index (χ1) is 9.76. The summed E-state index contributed by atoms with van der Waals surface area (Å²) in [5, 5.41) is 0. The molecule has 21 heavy (non-hydrogen) atoms. The van der Waals surface area contributed by atoms with E-state index in [1.165, 1.54) is 4.90 Å². The molecule has 1 aromatic rings. The minimum Gasteiger partial charge on any atom is -0.393 e. The SMILES string of the molecule is CC1(C(N)=S)CCN(C(=O)c2ccc(F)c(F)c2F)CC1. The minimum absolute atomic E-state index is 0.335. The van der Waals surface area contributed by atoms with E-state index in [1.54, 1.807) is 0 Å². The first-order valence-electron chi connectivity index (χ1n) is 6.49. The Labute approximate surface area is 125 Å². The second-order valence-electron chi connectivity index (χ2n) is 5.44. The summed E-state index contributed by atoms with van der Waals surface area (Å²) >= 11 is 5.00. The van der Waals surface area contributed by atoms with Gasteiger partial charge in [0.2, 0.25) is 0 Å². The van der Waals surface area contributed by atoms with Crippen molar-refractivity contribution in [1.29, 1.82) is 0 Å². The lowest BCUT2D eigenvalue weighted by atomic mass is 9.80. The minimum atomic E-state index is -1.63. The Morgan fingerprint density at radius 1 is 1.24 bits per heavy atom. The predicted octanol–water partition coefficient (Wildman–Crippen LogP) is 2.63. The van der Waals surface area contributed by atoms with Gasteiger partial charge in [0.05, 0.1) is 10.6 Å². The van der Waals surface area contributed by atoms with Crippen molar-refractivity contribution in [3.63, 3.8) is 0 Å². The van der Waals surface area contributed by atoms with Crippen LogP contribution in [-0.2, 0) is 0 Å². The highest BCUT2D eigenvalue weighted by Gasteiger charge is 2.35. The van der Waals surface area contributed by atoms with Gasteiger partial charge in [-0.05, 0) is 25.0 Å². The molecule has 0 atom stereocenters. The number of nitrogens with two attached hydrogens (primary N) is 1. The number of nitrogens with zero attached hydrogens (tertiary/aromatic N) is 1. The van der Waals surface area contributed by atoms with Crippen LogP contribution in [0.2, 0.25) is 0 Å². The molecule has 2 N–H and O–H groups in total. The topological polar surface area (TPSA) is 46.3 Å². The number of thiocarbonyl (C=S) groups is 1. The zero-order valence-corrected chi connectivity index (χ0v) is 12.3. The maximum atomic E-state index is 13.6. The smallest absolute Gasteiger partial charge is 0.256 e. The van der Waals surface area contributed by atoms with Crippen molar-refractivity contribution in [2.24, 2.45) is 11.1 Å². The van der Waals surface area contributed by atoms with Gasteiger partial charge >= 0.3 is 0 Å². The zero-order chi connectivity index (χ0) is 15.8. The fourth-order valence-electron chi connectivity index (χ4n) is 2.31. The Kier molecular flexibility index (Phi) is 4.22. The van der Waals surface area contributed by atoms with E-state index in [0.717, 1.165) is 12.1 Å². The number of amides is 1. The number of piperidine rings is 1. The molecule has 1 fully saturated rings. The number of rotatable bonds is 2. The fraction of sp³-hybridized carbons (Fsp3) is 0.429. The third-order valence-corrected chi connectivity index (χ3v) is 4.51. The van der Waals surface area contributed by atoms with Gasteiger partial charge in [-0.3, -0.25) is 4.79 Å². The number of carbonyl (C=O) groups is 1. The Morgan fingerprint density at radius 2 is 1.81 bits per heavy atom. The van der Waals surface area contributed by atoms with Crippen LogP contribution < -0.4 is 5.73 Å². The fourth-order valence-corrected chi connectivity index (χ4v) is 2.52. The molecule has 1 heterocycles. The maximum Gasteiger partial charge on any atom is 0.256 e. The summed E-state index contributed by atoms with van der Waals surface area (Å²) in [7, 11) is 0. The molecule has 0 spiro atoms. The molecule has 3 nitrogen and oxygen atoms in total. The Morgan fingerprint density at radius 3 is 2.33 bits per heavy atom. The number of carbonyl (C=O) groups excluding carboxylic acids is 1. The molecule has 0 saturated carbocycles. The summed E-state index contributed by atoms with van der Waals surface area (Å²) in [6.07, 6.45) is 1.11. The van der Waals surface area contributed by atoms with Crippen molar-refractivity contribution in [1.82, 2.24) is 4.90 Å². The van der Waals surface area contributed by atoms with Gasteiger partial charge in [-0.25, -0.2) is 13.2 Å². The molecule has 114 valence electrons. The van der Waals surface area contributed by atoms with Crippen LogP contribution in [0.25, 0.3) is 0 Å². The highest BCUT2D eigenvalue weighted by atomic mass is 32.1. The van der Waals surface area contributed by atoms with E-state index in [1.807, 2.05) is 6.92 Å². The van der Waals surface area contributed by atoms with Crippen LogP contribution in [0.4, 0.5) is 13.2 Å². The van der Waals surface area contributed by atoms with Crippen molar-refractivity contribution >= 4 is 23.1 Å². The number of hydrogen-bond donors (Lipinski definition) is 1. The van der Waals surface area contributed by atoms with E-state index in [9.17, 15) is 18.0 Å². The van der Waals surface area contributed by atoms with E-state index in [-0.39, 0.29) is 5.41 Å². The predicted molar refractivity (Wildman–Crippen MR) is 76.3 cm³/mol. The monoisotopic (exact) mass is 316 g/mol. The average Bonchev–Trinajstić information content (AvgIpc) is 2.45. The normalized spacial score (nSPS) is 17.6. The lowest BCUT2D eigenvalue weighted by molar-refractivity contribution is 0.0664. The molecular formula is C14H15F3N2OS. The summed E-state index contributed by atoms with van der Waals surface area (Å²) in [6, 6.07) is 1.70. The van der Waals surface area contributed by atoms with Crippen LogP contribution in [0.15, 0.2) is 12.1 Å². The third kappa shape index (κ3) is 2.88. The highest BCUT2D eigenvalue weighted by molar-refractivity contribution is 7.80. The number of likely N-dealkylation sites (tertiary alicyclic amines) is 1. The number of benzene rings is 1. The lowest BCUT2D eigenvalue weighted by Crippen LogP contribution is -2.46. The van der Waals surface area contributed by atoms with Crippen LogP contribution in [0, 0.1) is 22.9 Å². The van der Waals surface area contributed by atoms with E-state index in [4.69, 9.17) is 18.0 Å². The van der Waals surface area contributed by atoms with Gasteiger partial charge in [0, 0.05) is 18.5 Å². The van der Waals surface area contributed by atoms with Gasteiger partial charge in [-0.15, -0.1) is 0 Å². The molecular weight excluding hydrogens is 301 g/mol. The van der Waals surface area contributed by atoms with Crippen LogP contribution >= 0.6 is 12.2 Å². The summed E-state index contributed by atoms with van der Waals surface area (Å²) in [4.78, 5) is 14.0. The van der Waals surface area contributed by atoms with Gasteiger partial charge in [-0.1, -0.05) is 19.1 Å². The molecule has 0 aromatic heterocycles. The van der Waals surface area contributed by atoms with Gasteiger partial charge in [0.1, 0.15) is 0 Å². The molecule has 0 unspecified atom stereocenters. The van der Waals surface area contributed by atoms with E-state index in [0.29, 0.717) is 30.9 Å². The Balaban J connectivity index is 2.17. The molecule has 0 aliphatic carbocycles. The molecule has 1 saturated heterocycles. The first-order valence-corrected chi connectivity index (χ1v) is 6.90. The summed E-state index contributed by atoms with van der Waals surface area (Å²) in [5.74, 6) is -5.06. The quantitative estimate of drug-likeness (QED) is 0.674. The van der Waals surface area contributed by atoms with Crippen LogP contribution in [0.5, 0.6) is 0 Å². The average molecular weight is 316 g/mol. The summed E-state index contributed by atoms with van der Waals surface area (Å²) in [6.45, 7) is 2.59. The van der Waals surface area contributed by atoms with Gasteiger partial charge < -0.3 is 10.6 Å².